The standard InChI is InChI=1S/C15H11F11O3/c1-6-4-7(2)9(8(3)5-6)28-10(27)11(16,13(19,20)21)29-15(25,26)12(17,18)14(22,23)24/h4-5H,1-3H3. The molecule has 0 aliphatic heterocycles. The first-order valence-corrected chi connectivity index (χ1v) is 7.25. The molecule has 1 aromatic carbocycles. The molecule has 0 heterocycles. The molecule has 0 aromatic heterocycles. The Morgan fingerprint density at radius 3 is 1.52 bits per heavy atom. The average Bonchev–Trinajstić information content (AvgIpc) is 2.47. The third kappa shape index (κ3) is 4.56. The average molecular weight is 448 g/mol. The number of ether oxygens (including phenoxy) is 2. The maximum atomic E-state index is 14.1. The molecule has 1 aromatic rings. The van der Waals surface area contributed by atoms with Gasteiger partial charge in [-0.25, -0.2) is 4.79 Å². The summed E-state index contributed by atoms with van der Waals surface area (Å²) in [4.78, 5) is 11.6. The minimum Gasteiger partial charge on any atom is -0.421 e. The summed E-state index contributed by atoms with van der Waals surface area (Å²) >= 11 is 0. The largest absolute Gasteiger partial charge is 0.462 e. The van der Waals surface area contributed by atoms with E-state index in [0.717, 1.165) is 13.8 Å². The predicted molar refractivity (Wildman–Crippen MR) is 73.2 cm³/mol. The zero-order valence-corrected chi connectivity index (χ0v) is 14.5. The van der Waals surface area contributed by atoms with E-state index in [1.54, 1.807) is 0 Å². The van der Waals surface area contributed by atoms with Crippen molar-refractivity contribution in [1.29, 1.82) is 0 Å². The summed E-state index contributed by atoms with van der Waals surface area (Å²) in [5.74, 6) is -17.7. The van der Waals surface area contributed by atoms with Gasteiger partial charge in [0.1, 0.15) is 5.75 Å². The molecule has 0 aliphatic carbocycles. The number of alkyl halides is 11. The van der Waals surface area contributed by atoms with Gasteiger partial charge in [-0.2, -0.15) is 48.3 Å². The van der Waals surface area contributed by atoms with Gasteiger partial charge in [-0.1, -0.05) is 17.7 Å². The third-order valence-electron chi connectivity index (χ3n) is 3.42. The fourth-order valence-electron chi connectivity index (χ4n) is 2.11. The Bertz CT molecular complexity index is 760. The Labute approximate surface area is 155 Å². The Balaban J connectivity index is 3.41. The molecule has 0 spiro atoms. The van der Waals surface area contributed by atoms with Gasteiger partial charge in [-0.15, -0.1) is 0 Å². The van der Waals surface area contributed by atoms with E-state index in [2.05, 4.69) is 9.47 Å². The summed E-state index contributed by atoms with van der Waals surface area (Å²) in [6.45, 7) is 3.82. The number of carbonyl (C=O) groups is 1. The van der Waals surface area contributed by atoms with E-state index in [1.165, 1.54) is 19.1 Å². The molecule has 1 rings (SSSR count). The van der Waals surface area contributed by atoms with Crippen LogP contribution in [0.2, 0.25) is 0 Å². The SMILES string of the molecule is Cc1cc(C)c(OC(=O)C(F)(OC(F)(F)C(F)(F)C(F)(F)F)C(F)(F)F)c(C)c1. The highest BCUT2D eigenvalue weighted by atomic mass is 19.4. The molecule has 1 atom stereocenters. The second-order valence-electron chi connectivity index (χ2n) is 5.90. The van der Waals surface area contributed by atoms with E-state index in [1.807, 2.05) is 0 Å². The van der Waals surface area contributed by atoms with Gasteiger partial charge in [0, 0.05) is 0 Å². The van der Waals surface area contributed by atoms with Crippen molar-refractivity contribution in [3.8, 4) is 5.75 Å². The molecule has 0 aliphatic rings. The fourth-order valence-corrected chi connectivity index (χ4v) is 2.11. The molecular weight excluding hydrogens is 437 g/mol. The number of rotatable bonds is 5. The summed E-state index contributed by atoms with van der Waals surface area (Å²) < 4.78 is 147. The number of aryl methyl sites for hydroxylation is 3. The highest BCUT2D eigenvalue weighted by Crippen LogP contribution is 2.51. The molecule has 1 unspecified atom stereocenters. The Kier molecular flexibility index (Phi) is 6.26. The Hall–Kier alpha value is -2.12. The first-order chi connectivity index (χ1) is 12.7. The molecule has 0 bridgehead atoms. The lowest BCUT2D eigenvalue weighted by atomic mass is 10.1. The zero-order valence-electron chi connectivity index (χ0n) is 14.5. The van der Waals surface area contributed by atoms with E-state index >= 15 is 0 Å². The van der Waals surface area contributed by atoms with Crippen LogP contribution in [0, 0.1) is 20.8 Å². The lowest BCUT2D eigenvalue weighted by molar-refractivity contribution is -0.474. The lowest BCUT2D eigenvalue weighted by Crippen LogP contribution is -2.62. The number of benzene rings is 1. The molecule has 0 saturated carbocycles. The van der Waals surface area contributed by atoms with Crippen molar-refractivity contribution in [1.82, 2.24) is 0 Å². The Morgan fingerprint density at radius 2 is 1.17 bits per heavy atom. The van der Waals surface area contributed by atoms with Gasteiger partial charge in [-0.3, -0.25) is 4.74 Å². The van der Waals surface area contributed by atoms with Crippen LogP contribution in [0.1, 0.15) is 16.7 Å². The minimum absolute atomic E-state index is 0.0900. The van der Waals surface area contributed by atoms with Gasteiger partial charge in [0.15, 0.2) is 0 Å². The molecule has 0 radical (unpaired) electrons. The first kappa shape index (κ1) is 24.9. The summed E-state index contributed by atoms with van der Waals surface area (Å²) in [5, 5.41) is 0. The van der Waals surface area contributed by atoms with Crippen LogP contribution in [0.5, 0.6) is 5.75 Å². The molecule has 0 saturated heterocycles. The predicted octanol–water partition coefficient (Wildman–Crippen LogP) is 5.55. The zero-order chi connectivity index (χ0) is 23.2. The van der Waals surface area contributed by atoms with E-state index in [-0.39, 0.29) is 11.1 Å². The summed E-state index contributed by atoms with van der Waals surface area (Å²) in [5.41, 5.74) is 0.315. The highest BCUT2D eigenvalue weighted by Gasteiger charge is 2.80. The van der Waals surface area contributed by atoms with Crippen molar-refractivity contribution >= 4 is 5.97 Å². The van der Waals surface area contributed by atoms with Gasteiger partial charge in [0.25, 0.3) is 0 Å². The van der Waals surface area contributed by atoms with Gasteiger partial charge >= 0.3 is 36.2 Å². The molecule has 0 amide bonds. The van der Waals surface area contributed by atoms with Crippen LogP contribution in [0.4, 0.5) is 48.3 Å². The van der Waals surface area contributed by atoms with Crippen LogP contribution in [-0.2, 0) is 9.53 Å². The quantitative estimate of drug-likeness (QED) is 0.337. The van der Waals surface area contributed by atoms with Gasteiger partial charge in [-0.05, 0) is 31.9 Å². The molecule has 166 valence electrons. The van der Waals surface area contributed by atoms with Crippen molar-refractivity contribution in [2.75, 3.05) is 0 Å². The van der Waals surface area contributed by atoms with Crippen LogP contribution < -0.4 is 4.74 Å². The van der Waals surface area contributed by atoms with E-state index in [4.69, 9.17) is 0 Å². The smallest absolute Gasteiger partial charge is 0.421 e. The van der Waals surface area contributed by atoms with Crippen LogP contribution in [0.25, 0.3) is 0 Å². The van der Waals surface area contributed by atoms with Crippen LogP contribution in [0.15, 0.2) is 12.1 Å². The van der Waals surface area contributed by atoms with E-state index < -0.39 is 42.0 Å². The van der Waals surface area contributed by atoms with Crippen molar-refractivity contribution in [2.45, 2.75) is 51.0 Å². The molecule has 14 heteroatoms. The van der Waals surface area contributed by atoms with Crippen molar-refractivity contribution in [2.24, 2.45) is 0 Å². The van der Waals surface area contributed by atoms with Crippen LogP contribution >= 0.6 is 0 Å². The summed E-state index contributed by atoms with van der Waals surface area (Å²) in [6.07, 6.45) is -21.1. The van der Waals surface area contributed by atoms with Gasteiger partial charge < -0.3 is 4.74 Å². The third-order valence-corrected chi connectivity index (χ3v) is 3.42. The molecule has 3 nitrogen and oxygen atoms in total. The van der Waals surface area contributed by atoms with Crippen LogP contribution in [-0.4, -0.2) is 36.2 Å². The normalized spacial score (nSPS) is 15.8. The topological polar surface area (TPSA) is 35.5 Å². The van der Waals surface area contributed by atoms with E-state index in [0.29, 0.717) is 5.56 Å². The van der Waals surface area contributed by atoms with Crippen molar-refractivity contribution in [3.05, 3.63) is 28.8 Å². The van der Waals surface area contributed by atoms with Crippen molar-refractivity contribution < 1.29 is 62.6 Å². The molecule has 29 heavy (non-hydrogen) atoms. The molecular formula is C15H11F11O3. The first-order valence-electron chi connectivity index (χ1n) is 7.25. The fraction of sp³-hybridized carbons (Fsp3) is 0.533. The number of hydrogen-bond acceptors (Lipinski definition) is 3. The molecule has 0 fully saturated rings. The number of halogens is 11. The minimum atomic E-state index is -7.27. The van der Waals surface area contributed by atoms with Crippen LogP contribution in [0.3, 0.4) is 0 Å². The number of esters is 1. The maximum absolute atomic E-state index is 14.1. The second-order valence-corrected chi connectivity index (χ2v) is 5.90. The number of carbonyl (C=O) groups excluding carboxylic acids is 1. The molecule has 0 N–H and O–H groups in total. The second kappa shape index (κ2) is 7.29. The monoisotopic (exact) mass is 448 g/mol. The van der Waals surface area contributed by atoms with Crippen molar-refractivity contribution in [3.63, 3.8) is 0 Å². The maximum Gasteiger partial charge on any atom is 0.462 e. The summed E-state index contributed by atoms with van der Waals surface area (Å²) in [6, 6.07) is 2.44. The lowest BCUT2D eigenvalue weighted by Gasteiger charge is -2.33. The van der Waals surface area contributed by atoms with E-state index in [9.17, 15) is 53.1 Å². The Morgan fingerprint density at radius 1 is 0.759 bits per heavy atom. The summed E-state index contributed by atoms with van der Waals surface area (Å²) in [7, 11) is 0. The van der Waals surface area contributed by atoms with Gasteiger partial charge in [0.2, 0.25) is 0 Å². The van der Waals surface area contributed by atoms with Gasteiger partial charge in [0.05, 0.1) is 0 Å². The highest BCUT2D eigenvalue weighted by molar-refractivity contribution is 5.81. The number of hydrogen-bond donors (Lipinski definition) is 0.